The van der Waals surface area contributed by atoms with E-state index in [1.54, 1.807) is 0 Å². The molecule has 1 N–H and O–H groups in total. The summed E-state index contributed by atoms with van der Waals surface area (Å²) in [6.45, 7) is 3.33. The maximum Gasteiger partial charge on any atom is 0.260 e. The van der Waals surface area contributed by atoms with Crippen LogP contribution in [0.4, 0.5) is 0 Å². The van der Waals surface area contributed by atoms with Gasteiger partial charge in [-0.1, -0.05) is 48.5 Å². The minimum atomic E-state index is 0.0565. The van der Waals surface area contributed by atoms with E-state index in [1.807, 2.05) is 41.3 Å². The van der Waals surface area contributed by atoms with E-state index < -0.39 is 0 Å². The lowest BCUT2D eigenvalue weighted by Gasteiger charge is -2.27. The van der Waals surface area contributed by atoms with Gasteiger partial charge in [0.2, 0.25) is 0 Å². The normalized spacial score (nSPS) is 14.5. The number of rotatable bonds is 5. The number of nitrogens with one attached hydrogen (secondary N) is 1. The topological polar surface area (TPSA) is 41.6 Å². The predicted octanol–water partition coefficient (Wildman–Crippen LogP) is 2.09. The summed E-state index contributed by atoms with van der Waals surface area (Å²) in [6.07, 6.45) is 0.804. The highest BCUT2D eigenvalue weighted by Gasteiger charge is 2.17. The lowest BCUT2D eigenvalue weighted by molar-refractivity contribution is -0.133. The van der Waals surface area contributed by atoms with Gasteiger partial charge in [-0.05, 0) is 17.2 Å². The zero-order chi connectivity index (χ0) is 15.9. The van der Waals surface area contributed by atoms with Crippen molar-refractivity contribution in [3.63, 3.8) is 0 Å². The van der Waals surface area contributed by atoms with E-state index in [0.717, 1.165) is 43.9 Å². The second kappa shape index (κ2) is 7.79. The highest BCUT2D eigenvalue weighted by Crippen LogP contribution is 2.21. The third-order valence-electron chi connectivity index (χ3n) is 4.03. The maximum absolute atomic E-state index is 12.2. The van der Waals surface area contributed by atoms with E-state index in [4.69, 9.17) is 4.74 Å². The van der Waals surface area contributed by atoms with E-state index in [1.165, 1.54) is 5.56 Å². The quantitative estimate of drug-likeness (QED) is 0.919. The van der Waals surface area contributed by atoms with Crippen LogP contribution in [0.25, 0.3) is 0 Å². The van der Waals surface area contributed by atoms with Gasteiger partial charge in [-0.2, -0.15) is 0 Å². The van der Waals surface area contributed by atoms with Crippen molar-refractivity contribution < 1.29 is 9.53 Å². The molecule has 0 spiro atoms. The molecule has 4 nitrogen and oxygen atoms in total. The van der Waals surface area contributed by atoms with Crippen LogP contribution in [0.15, 0.2) is 54.6 Å². The largest absolute Gasteiger partial charge is 0.483 e. The SMILES string of the molecule is O=C(COc1ccccc1Cc1ccccc1)N1CCNCC1. The van der Waals surface area contributed by atoms with Gasteiger partial charge < -0.3 is 15.0 Å². The number of ether oxygens (including phenoxy) is 1. The molecule has 1 amide bonds. The summed E-state index contributed by atoms with van der Waals surface area (Å²) in [5.41, 5.74) is 2.34. The summed E-state index contributed by atoms with van der Waals surface area (Å²) >= 11 is 0. The van der Waals surface area contributed by atoms with E-state index in [0.29, 0.717) is 0 Å². The molecule has 4 heteroatoms. The van der Waals surface area contributed by atoms with Crippen molar-refractivity contribution in [2.24, 2.45) is 0 Å². The highest BCUT2D eigenvalue weighted by molar-refractivity contribution is 5.78. The van der Waals surface area contributed by atoms with E-state index in [9.17, 15) is 4.79 Å². The number of benzene rings is 2. The van der Waals surface area contributed by atoms with E-state index in [-0.39, 0.29) is 12.5 Å². The molecule has 0 aliphatic carbocycles. The number of piperazine rings is 1. The molecule has 0 aromatic heterocycles. The van der Waals surface area contributed by atoms with Crippen LogP contribution in [-0.4, -0.2) is 43.6 Å². The molecule has 0 radical (unpaired) electrons. The van der Waals surface area contributed by atoms with Gasteiger partial charge in [0.25, 0.3) is 5.91 Å². The number of carbonyl (C=O) groups is 1. The van der Waals surface area contributed by atoms with Crippen LogP contribution >= 0.6 is 0 Å². The van der Waals surface area contributed by atoms with Gasteiger partial charge in [-0.15, -0.1) is 0 Å². The van der Waals surface area contributed by atoms with Crippen molar-refractivity contribution in [2.75, 3.05) is 32.8 Å². The number of para-hydroxylation sites is 1. The number of carbonyl (C=O) groups excluding carboxylic acids is 1. The molecule has 1 aliphatic heterocycles. The molecule has 2 aromatic rings. The summed E-state index contributed by atoms with van der Waals surface area (Å²) in [5, 5.41) is 3.25. The van der Waals surface area contributed by atoms with Gasteiger partial charge >= 0.3 is 0 Å². The van der Waals surface area contributed by atoms with Gasteiger partial charge in [0.1, 0.15) is 5.75 Å². The Hall–Kier alpha value is -2.33. The first-order chi connectivity index (χ1) is 11.3. The van der Waals surface area contributed by atoms with Crippen molar-refractivity contribution in [3.8, 4) is 5.75 Å². The van der Waals surface area contributed by atoms with Crippen molar-refractivity contribution in [3.05, 3.63) is 65.7 Å². The molecule has 1 saturated heterocycles. The maximum atomic E-state index is 12.2. The fraction of sp³-hybridized carbons (Fsp3) is 0.316. The molecule has 23 heavy (non-hydrogen) atoms. The van der Waals surface area contributed by atoms with Gasteiger partial charge in [0.05, 0.1) is 0 Å². The third-order valence-corrected chi connectivity index (χ3v) is 4.03. The van der Waals surface area contributed by atoms with Crippen molar-refractivity contribution >= 4 is 5.91 Å². The molecule has 1 heterocycles. The van der Waals surface area contributed by atoms with Gasteiger partial charge in [0, 0.05) is 32.6 Å². The summed E-state index contributed by atoms with van der Waals surface area (Å²) in [4.78, 5) is 14.1. The van der Waals surface area contributed by atoms with Crippen LogP contribution in [0.3, 0.4) is 0 Å². The summed E-state index contributed by atoms with van der Waals surface area (Å²) in [5.74, 6) is 0.848. The Kier molecular flexibility index (Phi) is 5.27. The van der Waals surface area contributed by atoms with E-state index in [2.05, 4.69) is 23.5 Å². The molecular formula is C19H22N2O2. The molecule has 2 aromatic carbocycles. The minimum absolute atomic E-state index is 0.0565. The Balaban J connectivity index is 1.62. The highest BCUT2D eigenvalue weighted by atomic mass is 16.5. The predicted molar refractivity (Wildman–Crippen MR) is 90.6 cm³/mol. The van der Waals surface area contributed by atoms with Crippen LogP contribution in [0.2, 0.25) is 0 Å². The molecule has 3 rings (SSSR count). The summed E-state index contributed by atoms with van der Waals surface area (Å²) < 4.78 is 5.81. The molecule has 120 valence electrons. The molecule has 0 saturated carbocycles. The molecular weight excluding hydrogens is 288 g/mol. The van der Waals surface area contributed by atoms with Crippen molar-refractivity contribution in [1.82, 2.24) is 10.2 Å². The first kappa shape index (κ1) is 15.6. The Morgan fingerprint density at radius 3 is 2.48 bits per heavy atom. The molecule has 0 atom stereocenters. The fourth-order valence-electron chi connectivity index (χ4n) is 2.75. The second-order valence-electron chi connectivity index (χ2n) is 5.69. The molecule has 0 bridgehead atoms. The average Bonchev–Trinajstić information content (AvgIpc) is 2.62. The van der Waals surface area contributed by atoms with Crippen molar-refractivity contribution in [1.29, 1.82) is 0 Å². The first-order valence-corrected chi connectivity index (χ1v) is 8.06. The minimum Gasteiger partial charge on any atom is -0.483 e. The number of hydrogen-bond donors (Lipinski definition) is 1. The Labute approximate surface area is 137 Å². The van der Waals surface area contributed by atoms with Crippen LogP contribution in [0.1, 0.15) is 11.1 Å². The van der Waals surface area contributed by atoms with Crippen LogP contribution in [-0.2, 0) is 11.2 Å². The summed E-state index contributed by atoms with van der Waals surface area (Å²) in [6, 6.07) is 18.2. The van der Waals surface area contributed by atoms with Gasteiger partial charge in [-0.3, -0.25) is 4.79 Å². The Bertz CT molecular complexity index is 637. The number of amides is 1. The van der Waals surface area contributed by atoms with Crippen LogP contribution in [0, 0.1) is 0 Å². The Morgan fingerprint density at radius 2 is 1.70 bits per heavy atom. The van der Waals surface area contributed by atoms with Crippen LogP contribution in [0.5, 0.6) is 5.75 Å². The smallest absolute Gasteiger partial charge is 0.260 e. The average molecular weight is 310 g/mol. The van der Waals surface area contributed by atoms with Crippen molar-refractivity contribution in [2.45, 2.75) is 6.42 Å². The number of nitrogens with zero attached hydrogens (tertiary/aromatic N) is 1. The fourth-order valence-corrected chi connectivity index (χ4v) is 2.75. The van der Waals surface area contributed by atoms with Gasteiger partial charge in [0.15, 0.2) is 6.61 Å². The lowest BCUT2D eigenvalue weighted by Crippen LogP contribution is -2.47. The summed E-state index contributed by atoms with van der Waals surface area (Å²) in [7, 11) is 0. The Morgan fingerprint density at radius 1 is 1.00 bits per heavy atom. The zero-order valence-corrected chi connectivity index (χ0v) is 13.2. The molecule has 0 unspecified atom stereocenters. The molecule has 1 aliphatic rings. The van der Waals surface area contributed by atoms with Crippen LogP contribution < -0.4 is 10.1 Å². The second-order valence-corrected chi connectivity index (χ2v) is 5.69. The molecule has 1 fully saturated rings. The number of hydrogen-bond acceptors (Lipinski definition) is 3. The standard InChI is InChI=1S/C19H22N2O2/c22-19(21-12-10-20-11-13-21)15-23-18-9-5-4-8-17(18)14-16-6-2-1-3-7-16/h1-9,20H,10-15H2. The third kappa shape index (κ3) is 4.33. The zero-order valence-electron chi connectivity index (χ0n) is 13.2. The first-order valence-electron chi connectivity index (χ1n) is 8.06. The monoisotopic (exact) mass is 310 g/mol. The van der Waals surface area contributed by atoms with Gasteiger partial charge in [-0.25, -0.2) is 0 Å². The van der Waals surface area contributed by atoms with E-state index >= 15 is 0 Å². The lowest BCUT2D eigenvalue weighted by atomic mass is 10.0.